The first-order chi connectivity index (χ1) is 9.61. The third-order valence-electron chi connectivity index (χ3n) is 3.48. The number of pyridine rings is 1. The second kappa shape index (κ2) is 6.36. The first kappa shape index (κ1) is 14.3. The standard InChI is InChI=1S/C14H19N3O3/c1-2-20-14(19)11-3-4-12(16-9-11)17-7-5-10(6-8-17)13(15)18/h3-4,9-10H,2,5-8H2,1H3,(H2,15,18). The van der Waals surface area contributed by atoms with Crippen molar-refractivity contribution in [2.45, 2.75) is 19.8 Å². The van der Waals surface area contributed by atoms with E-state index in [1.165, 1.54) is 6.20 Å². The van der Waals surface area contributed by atoms with Crippen LogP contribution in [0.25, 0.3) is 0 Å². The Morgan fingerprint density at radius 2 is 2.10 bits per heavy atom. The minimum absolute atomic E-state index is 0.0370. The molecule has 1 aromatic rings. The van der Waals surface area contributed by atoms with Crippen molar-refractivity contribution in [3.63, 3.8) is 0 Å². The zero-order valence-electron chi connectivity index (χ0n) is 11.5. The summed E-state index contributed by atoms with van der Waals surface area (Å²) in [6, 6.07) is 3.51. The van der Waals surface area contributed by atoms with E-state index in [-0.39, 0.29) is 17.8 Å². The Bertz CT molecular complexity index is 479. The highest BCUT2D eigenvalue weighted by atomic mass is 16.5. The van der Waals surface area contributed by atoms with Gasteiger partial charge in [-0.3, -0.25) is 4.79 Å². The number of hydrogen-bond acceptors (Lipinski definition) is 5. The van der Waals surface area contributed by atoms with Crippen molar-refractivity contribution in [1.82, 2.24) is 4.98 Å². The quantitative estimate of drug-likeness (QED) is 0.828. The molecule has 2 rings (SSSR count). The number of aromatic nitrogens is 1. The molecule has 1 aromatic heterocycles. The molecular formula is C14H19N3O3. The second-order valence-electron chi connectivity index (χ2n) is 4.79. The Balaban J connectivity index is 1.97. The average molecular weight is 277 g/mol. The lowest BCUT2D eigenvalue weighted by Crippen LogP contribution is -2.38. The van der Waals surface area contributed by atoms with Crippen LogP contribution in [-0.4, -0.2) is 36.6 Å². The van der Waals surface area contributed by atoms with Gasteiger partial charge in [0.15, 0.2) is 0 Å². The molecule has 0 radical (unpaired) electrons. The first-order valence-corrected chi connectivity index (χ1v) is 6.79. The fraction of sp³-hybridized carbons (Fsp3) is 0.500. The van der Waals surface area contributed by atoms with Crippen molar-refractivity contribution >= 4 is 17.7 Å². The van der Waals surface area contributed by atoms with Gasteiger partial charge < -0.3 is 15.4 Å². The summed E-state index contributed by atoms with van der Waals surface area (Å²) in [6.07, 6.45) is 3.01. The Labute approximate surface area is 117 Å². The van der Waals surface area contributed by atoms with Crippen LogP contribution in [0.15, 0.2) is 18.3 Å². The number of ether oxygens (including phenoxy) is 1. The van der Waals surface area contributed by atoms with Crippen molar-refractivity contribution in [3.05, 3.63) is 23.9 Å². The van der Waals surface area contributed by atoms with Gasteiger partial charge in [0.05, 0.1) is 12.2 Å². The van der Waals surface area contributed by atoms with Gasteiger partial charge in [0.1, 0.15) is 5.82 Å². The van der Waals surface area contributed by atoms with E-state index in [9.17, 15) is 9.59 Å². The maximum atomic E-state index is 11.5. The number of rotatable bonds is 4. The number of piperidine rings is 1. The number of amides is 1. The first-order valence-electron chi connectivity index (χ1n) is 6.79. The molecule has 6 nitrogen and oxygen atoms in total. The lowest BCUT2D eigenvalue weighted by atomic mass is 9.96. The summed E-state index contributed by atoms with van der Waals surface area (Å²) in [4.78, 5) is 29.0. The summed E-state index contributed by atoms with van der Waals surface area (Å²) in [5.74, 6) is 0.181. The van der Waals surface area contributed by atoms with Gasteiger partial charge in [-0.15, -0.1) is 0 Å². The Morgan fingerprint density at radius 3 is 2.60 bits per heavy atom. The molecule has 1 fully saturated rings. The van der Waals surface area contributed by atoms with E-state index in [1.807, 2.05) is 0 Å². The van der Waals surface area contributed by atoms with Crippen LogP contribution in [0.5, 0.6) is 0 Å². The van der Waals surface area contributed by atoms with Gasteiger partial charge in [0.2, 0.25) is 5.91 Å². The van der Waals surface area contributed by atoms with Gasteiger partial charge in [-0.1, -0.05) is 0 Å². The van der Waals surface area contributed by atoms with Crippen LogP contribution in [0, 0.1) is 5.92 Å². The van der Waals surface area contributed by atoms with Crippen molar-refractivity contribution in [1.29, 1.82) is 0 Å². The molecule has 1 aliphatic rings. The lowest BCUT2D eigenvalue weighted by Gasteiger charge is -2.31. The molecule has 108 valence electrons. The third kappa shape index (κ3) is 3.26. The Morgan fingerprint density at radius 1 is 1.40 bits per heavy atom. The average Bonchev–Trinajstić information content (AvgIpc) is 2.48. The maximum Gasteiger partial charge on any atom is 0.339 e. The number of nitrogens with two attached hydrogens (primary N) is 1. The minimum Gasteiger partial charge on any atom is -0.462 e. The summed E-state index contributed by atoms with van der Waals surface area (Å²) >= 11 is 0. The third-order valence-corrected chi connectivity index (χ3v) is 3.48. The molecule has 0 atom stereocenters. The molecular weight excluding hydrogens is 258 g/mol. The van der Waals surface area contributed by atoms with Gasteiger partial charge in [-0.05, 0) is 31.9 Å². The highest BCUT2D eigenvalue weighted by molar-refractivity contribution is 5.89. The van der Waals surface area contributed by atoms with Gasteiger partial charge in [-0.25, -0.2) is 9.78 Å². The van der Waals surface area contributed by atoms with E-state index in [4.69, 9.17) is 10.5 Å². The minimum atomic E-state index is -0.362. The smallest absolute Gasteiger partial charge is 0.339 e. The zero-order chi connectivity index (χ0) is 14.5. The van der Waals surface area contributed by atoms with Crippen molar-refractivity contribution in [2.75, 3.05) is 24.6 Å². The van der Waals surface area contributed by atoms with Crippen LogP contribution in [0.3, 0.4) is 0 Å². The number of primary amides is 1. The summed E-state index contributed by atoms with van der Waals surface area (Å²) in [5, 5.41) is 0. The van der Waals surface area contributed by atoms with Crippen LogP contribution in [0.1, 0.15) is 30.1 Å². The van der Waals surface area contributed by atoms with Crippen LogP contribution in [0.4, 0.5) is 5.82 Å². The Kier molecular flexibility index (Phi) is 4.55. The zero-order valence-corrected chi connectivity index (χ0v) is 11.5. The molecule has 1 aliphatic heterocycles. The molecule has 2 heterocycles. The van der Waals surface area contributed by atoms with E-state index in [0.29, 0.717) is 12.2 Å². The van der Waals surface area contributed by atoms with Gasteiger partial charge >= 0.3 is 5.97 Å². The van der Waals surface area contributed by atoms with E-state index in [1.54, 1.807) is 19.1 Å². The summed E-state index contributed by atoms with van der Waals surface area (Å²) in [6.45, 7) is 3.61. The molecule has 2 N–H and O–H groups in total. The lowest BCUT2D eigenvalue weighted by molar-refractivity contribution is -0.122. The molecule has 6 heteroatoms. The molecule has 0 saturated carbocycles. The van der Waals surface area contributed by atoms with Gasteiger partial charge in [0.25, 0.3) is 0 Å². The second-order valence-corrected chi connectivity index (χ2v) is 4.79. The van der Waals surface area contributed by atoms with E-state index in [0.717, 1.165) is 31.7 Å². The fourth-order valence-electron chi connectivity index (χ4n) is 2.30. The summed E-state index contributed by atoms with van der Waals surface area (Å²) < 4.78 is 4.91. The van der Waals surface area contributed by atoms with E-state index in [2.05, 4.69) is 9.88 Å². The van der Waals surface area contributed by atoms with Crippen LogP contribution in [-0.2, 0) is 9.53 Å². The van der Waals surface area contributed by atoms with E-state index >= 15 is 0 Å². The van der Waals surface area contributed by atoms with Crippen molar-refractivity contribution < 1.29 is 14.3 Å². The normalized spacial score (nSPS) is 15.9. The number of carbonyl (C=O) groups is 2. The number of anilines is 1. The largest absolute Gasteiger partial charge is 0.462 e. The monoisotopic (exact) mass is 277 g/mol. The number of hydrogen-bond donors (Lipinski definition) is 1. The fourth-order valence-corrected chi connectivity index (χ4v) is 2.30. The number of esters is 1. The van der Waals surface area contributed by atoms with Crippen molar-refractivity contribution in [2.24, 2.45) is 11.7 Å². The highest BCUT2D eigenvalue weighted by Crippen LogP contribution is 2.21. The summed E-state index contributed by atoms with van der Waals surface area (Å²) in [5.41, 5.74) is 5.76. The van der Waals surface area contributed by atoms with Gasteiger partial charge in [-0.2, -0.15) is 0 Å². The predicted octanol–water partition coefficient (Wildman–Crippen LogP) is 0.960. The van der Waals surface area contributed by atoms with Crippen molar-refractivity contribution in [3.8, 4) is 0 Å². The predicted molar refractivity (Wildman–Crippen MR) is 74.3 cm³/mol. The molecule has 1 amide bonds. The topological polar surface area (TPSA) is 85.5 Å². The molecule has 0 aliphatic carbocycles. The summed E-state index contributed by atoms with van der Waals surface area (Å²) in [7, 11) is 0. The van der Waals surface area contributed by atoms with E-state index < -0.39 is 0 Å². The van der Waals surface area contributed by atoms with Crippen LogP contribution >= 0.6 is 0 Å². The maximum absolute atomic E-state index is 11.5. The van der Waals surface area contributed by atoms with Gasteiger partial charge in [0, 0.05) is 25.2 Å². The molecule has 0 spiro atoms. The molecule has 0 aromatic carbocycles. The molecule has 20 heavy (non-hydrogen) atoms. The SMILES string of the molecule is CCOC(=O)c1ccc(N2CCC(C(N)=O)CC2)nc1. The molecule has 1 saturated heterocycles. The van der Waals surface area contributed by atoms with Crippen LogP contribution < -0.4 is 10.6 Å². The Hall–Kier alpha value is -2.11. The number of nitrogens with zero attached hydrogens (tertiary/aromatic N) is 2. The highest BCUT2D eigenvalue weighted by Gasteiger charge is 2.23. The molecule has 0 unspecified atom stereocenters. The number of carbonyl (C=O) groups excluding carboxylic acids is 2. The van der Waals surface area contributed by atoms with Crippen LogP contribution in [0.2, 0.25) is 0 Å². The molecule has 0 bridgehead atoms.